The van der Waals surface area contributed by atoms with Crippen LogP contribution in [0.2, 0.25) is 0 Å². The second-order valence-corrected chi connectivity index (χ2v) is 3.63. The molecule has 0 aliphatic rings. The SMILES string of the molecule is Nc1cc(-c2cccc(Br)c2)[nH]n1. The smallest absolute Gasteiger partial charge is 0.145 e. The number of nitrogens with zero attached hydrogens (tertiary/aromatic N) is 1. The summed E-state index contributed by atoms with van der Waals surface area (Å²) in [5, 5.41) is 6.71. The van der Waals surface area contributed by atoms with Gasteiger partial charge in [-0.25, -0.2) is 0 Å². The lowest BCUT2D eigenvalue weighted by molar-refractivity contribution is 1.10. The predicted octanol–water partition coefficient (Wildman–Crippen LogP) is 2.42. The van der Waals surface area contributed by atoms with Gasteiger partial charge in [0.2, 0.25) is 0 Å². The Hall–Kier alpha value is -1.29. The second kappa shape index (κ2) is 3.22. The van der Waals surface area contributed by atoms with Gasteiger partial charge in [0.15, 0.2) is 0 Å². The third-order valence-corrected chi connectivity index (χ3v) is 2.23. The molecule has 0 saturated heterocycles. The van der Waals surface area contributed by atoms with Crippen molar-refractivity contribution in [1.29, 1.82) is 0 Å². The van der Waals surface area contributed by atoms with E-state index in [9.17, 15) is 0 Å². The van der Waals surface area contributed by atoms with Crippen molar-refractivity contribution in [2.75, 3.05) is 5.73 Å². The first-order chi connectivity index (χ1) is 6.25. The molecule has 3 nitrogen and oxygen atoms in total. The van der Waals surface area contributed by atoms with Crippen LogP contribution < -0.4 is 5.73 Å². The largest absolute Gasteiger partial charge is 0.382 e. The Bertz CT molecular complexity index is 422. The van der Waals surface area contributed by atoms with Gasteiger partial charge in [-0.05, 0) is 12.1 Å². The highest BCUT2D eigenvalue weighted by Gasteiger charge is 2.00. The fourth-order valence-electron chi connectivity index (χ4n) is 1.14. The first-order valence-electron chi connectivity index (χ1n) is 3.82. The van der Waals surface area contributed by atoms with Crippen LogP contribution in [0.4, 0.5) is 5.82 Å². The summed E-state index contributed by atoms with van der Waals surface area (Å²) >= 11 is 3.40. The van der Waals surface area contributed by atoms with E-state index in [4.69, 9.17) is 5.73 Å². The van der Waals surface area contributed by atoms with Crippen LogP contribution in [0.15, 0.2) is 34.8 Å². The van der Waals surface area contributed by atoms with Crippen molar-refractivity contribution in [2.45, 2.75) is 0 Å². The maximum absolute atomic E-state index is 5.50. The van der Waals surface area contributed by atoms with Crippen molar-refractivity contribution < 1.29 is 0 Å². The van der Waals surface area contributed by atoms with Gasteiger partial charge in [0, 0.05) is 16.1 Å². The van der Waals surface area contributed by atoms with E-state index >= 15 is 0 Å². The molecule has 0 atom stereocenters. The number of nitrogens with two attached hydrogens (primary N) is 1. The molecular weight excluding hydrogens is 230 g/mol. The number of nitrogens with one attached hydrogen (secondary N) is 1. The molecule has 1 aromatic heterocycles. The van der Waals surface area contributed by atoms with E-state index in [2.05, 4.69) is 26.1 Å². The molecule has 13 heavy (non-hydrogen) atoms. The number of H-pyrrole nitrogens is 1. The summed E-state index contributed by atoms with van der Waals surface area (Å²) in [4.78, 5) is 0. The monoisotopic (exact) mass is 237 g/mol. The minimum atomic E-state index is 0.509. The lowest BCUT2D eigenvalue weighted by atomic mass is 10.2. The number of hydrogen-bond donors (Lipinski definition) is 2. The van der Waals surface area contributed by atoms with E-state index < -0.39 is 0 Å². The Kier molecular flexibility index (Phi) is 2.06. The third kappa shape index (κ3) is 1.72. The molecule has 0 saturated carbocycles. The van der Waals surface area contributed by atoms with Crippen LogP contribution in [-0.2, 0) is 0 Å². The van der Waals surface area contributed by atoms with E-state index in [1.165, 1.54) is 0 Å². The van der Waals surface area contributed by atoms with Gasteiger partial charge in [0.1, 0.15) is 5.82 Å². The van der Waals surface area contributed by atoms with Crippen LogP contribution in [0.25, 0.3) is 11.3 Å². The van der Waals surface area contributed by atoms with E-state index in [0.29, 0.717) is 5.82 Å². The van der Waals surface area contributed by atoms with Crippen LogP contribution in [0.1, 0.15) is 0 Å². The van der Waals surface area contributed by atoms with Crippen molar-refractivity contribution in [3.05, 3.63) is 34.8 Å². The fraction of sp³-hybridized carbons (Fsp3) is 0. The molecule has 0 unspecified atom stereocenters. The van der Waals surface area contributed by atoms with Crippen molar-refractivity contribution in [3.63, 3.8) is 0 Å². The number of anilines is 1. The average Bonchev–Trinajstić information content (AvgIpc) is 2.52. The number of hydrogen-bond acceptors (Lipinski definition) is 2. The zero-order valence-electron chi connectivity index (χ0n) is 6.79. The van der Waals surface area contributed by atoms with Crippen molar-refractivity contribution >= 4 is 21.7 Å². The molecule has 0 aliphatic carbocycles. The summed E-state index contributed by atoms with van der Waals surface area (Å²) in [6, 6.07) is 9.76. The maximum atomic E-state index is 5.50. The van der Waals surface area contributed by atoms with Crippen molar-refractivity contribution in [2.24, 2.45) is 0 Å². The number of aromatic amines is 1. The fourth-order valence-corrected chi connectivity index (χ4v) is 1.54. The number of nitrogen functional groups attached to an aromatic ring is 1. The van der Waals surface area contributed by atoms with Gasteiger partial charge in [-0.1, -0.05) is 28.1 Å². The van der Waals surface area contributed by atoms with Gasteiger partial charge < -0.3 is 5.73 Å². The Morgan fingerprint density at radius 1 is 1.31 bits per heavy atom. The summed E-state index contributed by atoms with van der Waals surface area (Å²) in [5.41, 5.74) is 7.50. The highest BCUT2D eigenvalue weighted by atomic mass is 79.9. The maximum Gasteiger partial charge on any atom is 0.145 e. The van der Waals surface area contributed by atoms with E-state index in [0.717, 1.165) is 15.7 Å². The summed E-state index contributed by atoms with van der Waals surface area (Å²) in [5.74, 6) is 0.509. The molecule has 1 aromatic carbocycles. The lowest BCUT2D eigenvalue weighted by Crippen LogP contribution is -1.81. The molecule has 0 bridgehead atoms. The molecule has 66 valence electrons. The Balaban J connectivity index is 2.46. The molecule has 2 rings (SSSR count). The summed E-state index contributed by atoms with van der Waals surface area (Å²) in [6.07, 6.45) is 0. The van der Waals surface area contributed by atoms with Crippen LogP contribution in [0, 0.1) is 0 Å². The van der Waals surface area contributed by atoms with Crippen molar-refractivity contribution in [1.82, 2.24) is 10.2 Å². The zero-order valence-corrected chi connectivity index (χ0v) is 8.38. The zero-order chi connectivity index (χ0) is 9.26. The second-order valence-electron chi connectivity index (χ2n) is 2.72. The van der Waals surface area contributed by atoms with Gasteiger partial charge >= 0.3 is 0 Å². The Morgan fingerprint density at radius 3 is 2.77 bits per heavy atom. The predicted molar refractivity (Wildman–Crippen MR) is 56.1 cm³/mol. The van der Waals surface area contributed by atoms with E-state index in [-0.39, 0.29) is 0 Å². The third-order valence-electron chi connectivity index (χ3n) is 1.73. The van der Waals surface area contributed by atoms with Crippen LogP contribution >= 0.6 is 15.9 Å². The first kappa shape index (κ1) is 8.31. The number of rotatable bonds is 1. The van der Waals surface area contributed by atoms with Crippen molar-refractivity contribution in [3.8, 4) is 11.3 Å². The van der Waals surface area contributed by atoms with Crippen LogP contribution in [-0.4, -0.2) is 10.2 Å². The number of benzene rings is 1. The molecule has 4 heteroatoms. The summed E-state index contributed by atoms with van der Waals surface area (Å²) in [7, 11) is 0. The summed E-state index contributed by atoms with van der Waals surface area (Å²) in [6.45, 7) is 0. The topological polar surface area (TPSA) is 54.7 Å². The van der Waals surface area contributed by atoms with Crippen LogP contribution in [0.5, 0.6) is 0 Å². The molecule has 1 heterocycles. The van der Waals surface area contributed by atoms with E-state index in [1.807, 2.05) is 30.3 Å². The van der Waals surface area contributed by atoms with Gasteiger partial charge in [-0.15, -0.1) is 0 Å². The van der Waals surface area contributed by atoms with Gasteiger partial charge in [0.25, 0.3) is 0 Å². The highest BCUT2D eigenvalue weighted by Crippen LogP contribution is 2.21. The van der Waals surface area contributed by atoms with Gasteiger partial charge in [-0.2, -0.15) is 5.10 Å². The molecule has 3 N–H and O–H groups in total. The molecule has 0 aliphatic heterocycles. The number of halogens is 1. The molecule has 0 amide bonds. The normalized spacial score (nSPS) is 10.2. The molecule has 0 fully saturated rings. The highest BCUT2D eigenvalue weighted by molar-refractivity contribution is 9.10. The Labute approximate surface area is 84.1 Å². The Morgan fingerprint density at radius 2 is 2.15 bits per heavy atom. The minimum Gasteiger partial charge on any atom is -0.382 e. The molecule has 0 spiro atoms. The molecule has 2 aromatic rings. The van der Waals surface area contributed by atoms with Gasteiger partial charge in [0.05, 0.1) is 5.69 Å². The van der Waals surface area contributed by atoms with Gasteiger partial charge in [-0.3, -0.25) is 5.10 Å². The van der Waals surface area contributed by atoms with Crippen LogP contribution in [0.3, 0.4) is 0 Å². The molecule has 0 radical (unpaired) electrons. The average molecular weight is 238 g/mol. The van der Waals surface area contributed by atoms with E-state index in [1.54, 1.807) is 0 Å². The quantitative estimate of drug-likeness (QED) is 0.801. The minimum absolute atomic E-state index is 0.509. The number of aromatic nitrogens is 2. The standard InChI is InChI=1S/C9H8BrN3/c10-7-3-1-2-6(4-7)8-5-9(11)13-12-8/h1-5H,(H3,11,12,13). The lowest BCUT2D eigenvalue weighted by Gasteiger charge is -1.96. The first-order valence-corrected chi connectivity index (χ1v) is 4.62. The molecular formula is C9H8BrN3. The summed E-state index contributed by atoms with van der Waals surface area (Å²) < 4.78 is 1.04.